The van der Waals surface area contributed by atoms with Gasteiger partial charge in [-0.1, -0.05) is 17.8 Å². The van der Waals surface area contributed by atoms with E-state index in [0.717, 1.165) is 11.8 Å². The zero-order valence-electron chi connectivity index (χ0n) is 11.4. The predicted molar refractivity (Wildman–Crippen MR) is 77.9 cm³/mol. The Bertz CT molecular complexity index is 731. The van der Waals surface area contributed by atoms with Gasteiger partial charge in [0.25, 0.3) is 0 Å². The third kappa shape index (κ3) is 3.38. The molecule has 0 aliphatic rings. The van der Waals surface area contributed by atoms with Crippen molar-refractivity contribution in [3.05, 3.63) is 57.3 Å². The molecule has 2 aromatic rings. The molecule has 0 bridgehead atoms. The first kappa shape index (κ1) is 15.0. The summed E-state index contributed by atoms with van der Waals surface area (Å²) < 4.78 is 0. The van der Waals surface area contributed by atoms with Crippen LogP contribution in [0.25, 0.3) is 0 Å². The van der Waals surface area contributed by atoms with Crippen LogP contribution in [-0.2, 0) is 0 Å². The van der Waals surface area contributed by atoms with Gasteiger partial charge >= 0.3 is 11.7 Å². The fourth-order valence-corrected chi connectivity index (χ4v) is 2.72. The molecule has 0 amide bonds. The van der Waals surface area contributed by atoms with Gasteiger partial charge in [0.1, 0.15) is 0 Å². The molecule has 0 atom stereocenters. The Morgan fingerprint density at radius 2 is 2.00 bits per heavy atom. The van der Waals surface area contributed by atoms with E-state index < -0.39 is 10.9 Å². The van der Waals surface area contributed by atoms with Gasteiger partial charge < -0.3 is 5.11 Å². The summed E-state index contributed by atoms with van der Waals surface area (Å²) >= 11 is 1.08. The molecule has 7 heteroatoms. The van der Waals surface area contributed by atoms with E-state index in [4.69, 9.17) is 5.11 Å². The SMILES string of the molecule is Cc1ccc([N+](=O)[O-])c(Sc2ccc(C)c(C(=O)O)c2)n1. The van der Waals surface area contributed by atoms with E-state index in [1.165, 1.54) is 12.1 Å². The quantitative estimate of drug-likeness (QED) is 0.686. The van der Waals surface area contributed by atoms with Crippen molar-refractivity contribution < 1.29 is 14.8 Å². The molecule has 0 aliphatic carbocycles. The van der Waals surface area contributed by atoms with E-state index in [1.54, 1.807) is 32.0 Å². The van der Waals surface area contributed by atoms with Crippen LogP contribution in [-0.4, -0.2) is 21.0 Å². The molecule has 1 heterocycles. The molecule has 0 radical (unpaired) electrons. The lowest BCUT2D eigenvalue weighted by Crippen LogP contribution is -2.00. The molecular weight excluding hydrogens is 292 g/mol. The van der Waals surface area contributed by atoms with E-state index in [2.05, 4.69) is 4.98 Å². The van der Waals surface area contributed by atoms with Crippen LogP contribution in [0.4, 0.5) is 5.69 Å². The minimum Gasteiger partial charge on any atom is -0.478 e. The van der Waals surface area contributed by atoms with E-state index in [0.29, 0.717) is 16.2 Å². The summed E-state index contributed by atoms with van der Waals surface area (Å²) in [5.74, 6) is -1.03. The van der Waals surface area contributed by atoms with Crippen molar-refractivity contribution in [3.63, 3.8) is 0 Å². The van der Waals surface area contributed by atoms with Gasteiger partial charge in [0.05, 0.1) is 10.5 Å². The number of aryl methyl sites for hydroxylation is 2. The van der Waals surface area contributed by atoms with Crippen molar-refractivity contribution in [1.82, 2.24) is 4.98 Å². The lowest BCUT2D eigenvalue weighted by Gasteiger charge is -2.06. The van der Waals surface area contributed by atoms with E-state index >= 15 is 0 Å². The average molecular weight is 304 g/mol. The van der Waals surface area contributed by atoms with Gasteiger partial charge in [-0.2, -0.15) is 0 Å². The molecule has 1 aromatic carbocycles. The van der Waals surface area contributed by atoms with Crippen molar-refractivity contribution >= 4 is 23.4 Å². The van der Waals surface area contributed by atoms with Crippen LogP contribution in [0.1, 0.15) is 21.6 Å². The van der Waals surface area contributed by atoms with E-state index in [9.17, 15) is 14.9 Å². The molecule has 1 aromatic heterocycles. The first-order valence-corrected chi connectivity index (χ1v) is 6.84. The normalized spacial score (nSPS) is 10.4. The number of aromatic nitrogens is 1. The minimum atomic E-state index is -1.03. The molecule has 0 spiro atoms. The van der Waals surface area contributed by atoms with Gasteiger partial charge in [-0.3, -0.25) is 10.1 Å². The number of aromatic carboxylic acids is 1. The van der Waals surface area contributed by atoms with Crippen LogP contribution in [0.2, 0.25) is 0 Å². The third-order valence-electron chi connectivity index (χ3n) is 2.83. The number of nitro groups is 1. The topological polar surface area (TPSA) is 93.3 Å². The highest BCUT2D eigenvalue weighted by molar-refractivity contribution is 7.99. The van der Waals surface area contributed by atoms with Crippen LogP contribution < -0.4 is 0 Å². The van der Waals surface area contributed by atoms with Gasteiger partial charge in [0.15, 0.2) is 5.03 Å². The molecular formula is C14H12N2O4S. The maximum atomic E-state index is 11.1. The molecule has 0 aliphatic heterocycles. The number of hydrogen-bond acceptors (Lipinski definition) is 5. The summed E-state index contributed by atoms with van der Waals surface area (Å²) in [5, 5.41) is 20.4. The van der Waals surface area contributed by atoms with Crippen LogP contribution in [0.3, 0.4) is 0 Å². The van der Waals surface area contributed by atoms with E-state index in [-0.39, 0.29) is 16.3 Å². The maximum Gasteiger partial charge on any atom is 0.335 e. The standard InChI is InChI=1S/C14H12N2O4S/c1-8-3-5-10(7-11(8)14(17)18)21-13-12(16(19)20)6-4-9(2)15-13/h3-7H,1-2H3,(H,17,18). The molecule has 0 saturated carbocycles. The zero-order chi connectivity index (χ0) is 15.6. The van der Waals surface area contributed by atoms with Crippen LogP contribution >= 0.6 is 11.8 Å². The number of rotatable bonds is 4. The Morgan fingerprint density at radius 3 is 2.62 bits per heavy atom. The summed E-state index contributed by atoms with van der Waals surface area (Å²) in [6.07, 6.45) is 0. The van der Waals surface area contributed by atoms with Gasteiger partial charge in [0.2, 0.25) is 0 Å². The monoisotopic (exact) mass is 304 g/mol. The van der Waals surface area contributed by atoms with Gasteiger partial charge in [-0.05, 0) is 37.6 Å². The highest BCUT2D eigenvalue weighted by Gasteiger charge is 2.17. The van der Waals surface area contributed by atoms with Crippen molar-refractivity contribution in [1.29, 1.82) is 0 Å². The largest absolute Gasteiger partial charge is 0.478 e. The Kier molecular flexibility index (Phi) is 4.23. The minimum absolute atomic E-state index is 0.0944. The smallest absolute Gasteiger partial charge is 0.335 e. The third-order valence-corrected chi connectivity index (χ3v) is 3.81. The molecule has 0 fully saturated rings. The number of nitrogens with zero attached hydrogens (tertiary/aromatic N) is 2. The first-order valence-electron chi connectivity index (χ1n) is 6.02. The highest BCUT2D eigenvalue weighted by atomic mass is 32.2. The number of pyridine rings is 1. The number of carboxylic acids is 1. The molecule has 21 heavy (non-hydrogen) atoms. The molecule has 2 rings (SSSR count). The summed E-state index contributed by atoms with van der Waals surface area (Å²) in [4.78, 5) is 26.4. The lowest BCUT2D eigenvalue weighted by atomic mass is 10.1. The van der Waals surface area contributed by atoms with E-state index in [1.807, 2.05) is 0 Å². The van der Waals surface area contributed by atoms with Gasteiger partial charge in [-0.25, -0.2) is 9.78 Å². The van der Waals surface area contributed by atoms with Crippen molar-refractivity contribution in [2.24, 2.45) is 0 Å². The maximum absolute atomic E-state index is 11.1. The lowest BCUT2D eigenvalue weighted by molar-refractivity contribution is -0.388. The van der Waals surface area contributed by atoms with Crippen LogP contribution in [0, 0.1) is 24.0 Å². The molecule has 108 valence electrons. The summed E-state index contributed by atoms with van der Waals surface area (Å²) in [5.41, 5.74) is 1.38. The number of carboxylic acid groups (broad SMARTS) is 1. The number of carbonyl (C=O) groups is 1. The molecule has 1 N–H and O–H groups in total. The van der Waals surface area contributed by atoms with Gasteiger partial charge in [0, 0.05) is 16.7 Å². The zero-order valence-corrected chi connectivity index (χ0v) is 12.2. The second kappa shape index (κ2) is 5.92. The van der Waals surface area contributed by atoms with Crippen LogP contribution in [0.15, 0.2) is 40.3 Å². The number of hydrogen-bond donors (Lipinski definition) is 1. The Labute approximate surface area is 125 Å². The second-order valence-corrected chi connectivity index (χ2v) is 5.48. The molecule has 6 nitrogen and oxygen atoms in total. The summed E-state index contributed by atoms with van der Waals surface area (Å²) in [7, 11) is 0. The fourth-order valence-electron chi connectivity index (χ4n) is 1.75. The predicted octanol–water partition coefficient (Wildman–Crippen LogP) is 3.46. The summed E-state index contributed by atoms with van der Waals surface area (Å²) in [6, 6.07) is 7.86. The van der Waals surface area contributed by atoms with Crippen molar-refractivity contribution in [2.45, 2.75) is 23.8 Å². The molecule has 0 unspecified atom stereocenters. The van der Waals surface area contributed by atoms with Crippen LogP contribution in [0.5, 0.6) is 0 Å². The Hall–Kier alpha value is -2.41. The fraction of sp³-hybridized carbons (Fsp3) is 0.143. The van der Waals surface area contributed by atoms with Crippen molar-refractivity contribution in [3.8, 4) is 0 Å². The Morgan fingerprint density at radius 1 is 1.29 bits per heavy atom. The molecule has 0 saturated heterocycles. The highest BCUT2D eigenvalue weighted by Crippen LogP contribution is 2.34. The average Bonchev–Trinajstić information content (AvgIpc) is 2.40. The summed E-state index contributed by atoms with van der Waals surface area (Å²) in [6.45, 7) is 3.44. The Balaban J connectivity index is 2.43. The first-order chi connectivity index (χ1) is 9.88. The van der Waals surface area contributed by atoms with Gasteiger partial charge in [-0.15, -0.1) is 0 Å². The van der Waals surface area contributed by atoms with Crippen molar-refractivity contribution in [2.75, 3.05) is 0 Å². The number of benzene rings is 1. The second-order valence-electron chi connectivity index (χ2n) is 4.42.